The number of nitrogens with zero attached hydrogens (tertiary/aromatic N) is 3. The summed E-state index contributed by atoms with van der Waals surface area (Å²) in [5, 5.41) is 33.4. The lowest BCUT2D eigenvalue weighted by molar-refractivity contribution is -0.384. The normalized spacial score (nSPS) is 17.5. The fraction of sp³-hybridized carbons (Fsp3) is 0.303. The molecule has 3 aromatic carbocycles. The number of hydrogen-bond donors (Lipinski definition) is 2. The molecular weight excluding hydrogens is 550 g/mol. The van der Waals surface area contributed by atoms with E-state index in [4.69, 9.17) is 4.74 Å². The van der Waals surface area contributed by atoms with Crippen LogP contribution in [0, 0.1) is 16.0 Å². The number of allylic oxidation sites excluding steroid dienone is 1. The van der Waals surface area contributed by atoms with Gasteiger partial charge in [0.25, 0.3) is 5.69 Å². The predicted molar refractivity (Wildman–Crippen MR) is 161 cm³/mol. The average Bonchev–Trinajstić information content (AvgIpc) is 2.97. The van der Waals surface area contributed by atoms with Crippen molar-refractivity contribution >= 4 is 23.3 Å². The molecule has 0 bridgehead atoms. The van der Waals surface area contributed by atoms with Gasteiger partial charge in [-0.15, -0.1) is 0 Å². The van der Waals surface area contributed by atoms with Crippen molar-refractivity contribution in [2.75, 3.05) is 13.1 Å². The smallest absolute Gasteiger partial charge is 0.336 e. The zero-order chi connectivity index (χ0) is 31.1. The summed E-state index contributed by atoms with van der Waals surface area (Å²) in [5.74, 6) is -4.21. The molecule has 4 rings (SSSR count). The van der Waals surface area contributed by atoms with Gasteiger partial charge in [-0.1, -0.05) is 72.8 Å². The van der Waals surface area contributed by atoms with Crippen molar-refractivity contribution in [3.05, 3.63) is 123 Å². The molecule has 0 fully saturated rings. The van der Waals surface area contributed by atoms with E-state index in [2.05, 4.69) is 29.3 Å². The number of aliphatic carboxylic acids is 1. The highest BCUT2D eigenvalue weighted by atomic mass is 16.6. The topological polar surface area (TPSA) is 143 Å². The van der Waals surface area contributed by atoms with Crippen molar-refractivity contribution in [3.8, 4) is 0 Å². The number of benzene rings is 3. The SMILES string of the molecule is CC1=NC(C)=C(C(=O)OC(C)CN(O)CCC(c2ccccc2)c2ccccc2)C(c2cccc([N+](=O)[O-])c2)C1C(=O)O. The van der Waals surface area contributed by atoms with Crippen LogP contribution in [0.5, 0.6) is 0 Å². The van der Waals surface area contributed by atoms with E-state index in [9.17, 15) is 30.0 Å². The summed E-state index contributed by atoms with van der Waals surface area (Å²) in [6.45, 7) is 5.09. The Hall–Kier alpha value is -4.67. The summed E-state index contributed by atoms with van der Waals surface area (Å²) >= 11 is 0. The molecule has 0 saturated carbocycles. The monoisotopic (exact) mass is 585 g/mol. The lowest BCUT2D eigenvalue weighted by Crippen LogP contribution is -2.37. The fourth-order valence-corrected chi connectivity index (χ4v) is 5.66. The van der Waals surface area contributed by atoms with Gasteiger partial charge in [0, 0.05) is 41.9 Å². The van der Waals surface area contributed by atoms with Crippen molar-refractivity contribution < 1.29 is 29.6 Å². The maximum absolute atomic E-state index is 13.5. The number of carbonyl (C=O) groups excluding carboxylic acids is 1. The second-order valence-corrected chi connectivity index (χ2v) is 10.7. The van der Waals surface area contributed by atoms with Gasteiger partial charge >= 0.3 is 11.9 Å². The Morgan fingerprint density at radius 3 is 2.16 bits per heavy atom. The third-order valence-corrected chi connectivity index (χ3v) is 7.61. The van der Waals surface area contributed by atoms with Crippen LogP contribution < -0.4 is 0 Å². The van der Waals surface area contributed by atoms with Crippen molar-refractivity contribution in [1.29, 1.82) is 0 Å². The number of nitro benzene ring substituents is 1. The molecule has 3 aromatic rings. The van der Waals surface area contributed by atoms with Crippen LogP contribution in [0.4, 0.5) is 5.69 Å². The molecule has 0 saturated heterocycles. The Balaban J connectivity index is 1.49. The van der Waals surface area contributed by atoms with Crippen LogP contribution in [0.1, 0.15) is 55.7 Å². The van der Waals surface area contributed by atoms with Gasteiger partial charge in [-0.05, 0) is 43.9 Å². The summed E-state index contributed by atoms with van der Waals surface area (Å²) < 4.78 is 5.71. The van der Waals surface area contributed by atoms with Crippen molar-refractivity contribution in [2.24, 2.45) is 10.9 Å². The molecule has 0 spiro atoms. The van der Waals surface area contributed by atoms with Gasteiger partial charge in [0.1, 0.15) is 12.0 Å². The molecule has 0 amide bonds. The van der Waals surface area contributed by atoms with Gasteiger partial charge in [0.2, 0.25) is 0 Å². The highest BCUT2D eigenvalue weighted by Crippen LogP contribution is 2.40. The number of aliphatic imine (C=N–C) groups is 1. The van der Waals surface area contributed by atoms with Crippen LogP contribution >= 0.6 is 0 Å². The van der Waals surface area contributed by atoms with E-state index in [0.29, 0.717) is 18.5 Å². The van der Waals surface area contributed by atoms with Gasteiger partial charge in [-0.25, -0.2) is 4.79 Å². The third-order valence-electron chi connectivity index (χ3n) is 7.61. The summed E-state index contributed by atoms with van der Waals surface area (Å²) in [6.07, 6.45) is -0.149. The first-order valence-electron chi connectivity index (χ1n) is 14.0. The molecule has 10 heteroatoms. The maximum Gasteiger partial charge on any atom is 0.336 e. The highest BCUT2D eigenvalue weighted by Gasteiger charge is 2.42. The Labute approximate surface area is 250 Å². The first-order chi connectivity index (χ1) is 20.6. The number of non-ortho nitro benzene ring substituents is 1. The van der Waals surface area contributed by atoms with Crippen LogP contribution in [0.15, 0.2) is 101 Å². The number of hydroxylamine groups is 2. The van der Waals surface area contributed by atoms with Crippen LogP contribution in [-0.2, 0) is 14.3 Å². The number of nitro groups is 1. The number of hydrogen-bond acceptors (Lipinski definition) is 8. The highest BCUT2D eigenvalue weighted by molar-refractivity contribution is 6.06. The minimum absolute atomic E-state index is 0.0144. The van der Waals surface area contributed by atoms with Crippen LogP contribution in [0.25, 0.3) is 0 Å². The zero-order valence-electron chi connectivity index (χ0n) is 24.3. The van der Waals surface area contributed by atoms with Crippen molar-refractivity contribution in [1.82, 2.24) is 5.06 Å². The molecule has 224 valence electrons. The van der Waals surface area contributed by atoms with Gasteiger partial charge in [-0.2, -0.15) is 5.06 Å². The molecule has 10 nitrogen and oxygen atoms in total. The molecular formula is C33H35N3O7. The van der Waals surface area contributed by atoms with E-state index >= 15 is 0 Å². The van der Waals surface area contributed by atoms with E-state index < -0.39 is 34.8 Å². The van der Waals surface area contributed by atoms with Gasteiger partial charge < -0.3 is 15.1 Å². The number of ether oxygens (including phenoxy) is 1. The largest absolute Gasteiger partial charge is 0.481 e. The summed E-state index contributed by atoms with van der Waals surface area (Å²) in [5.41, 5.74) is 2.89. The molecule has 3 unspecified atom stereocenters. The molecule has 0 aromatic heterocycles. The summed E-state index contributed by atoms with van der Waals surface area (Å²) in [4.78, 5) is 41.0. The molecule has 43 heavy (non-hydrogen) atoms. The zero-order valence-corrected chi connectivity index (χ0v) is 24.3. The maximum atomic E-state index is 13.5. The molecule has 3 atom stereocenters. The average molecular weight is 586 g/mol. The lowest BCUT2D eigenvalue weighted by atomic mass is 9.75. The predicted octanol–water partition coefficient (Wildman–Crippen LogP) is 5.97. The molecule has 1 aliphatic heterocycles. The first-order valence-corrected chi connectivity index (χ1v) is 14.0. The molecule has 1 aliphatic rings. The summed E-state index contributed by atoms with van der Waals surface area (Å²) in [7, 11) is 0. The van der Waals surface area contributed by atoms with E-state index in [1.165, 1.54) is 18.2 Å². The number of esters is 1. The second kappa shape index (κ2) is 14.0. The van der Waals surface area contributed by atoms with Crippen LogP contribution in [0.3, 0.4) is 0 Å². The van der Waals surface area contributed by atoms with E-state index in [1.807, 2.05) is 36.4 Å². The van der Waals surface area contributed by atoms with Gasteiger partial charge in [0.05, 0.1) is 17.0 Å². The Morgan fingerprint density at radius 2 is 1.60 bits per heavy atom. The Bertz CT molecular complexity index is 1480. The Morgan fingerprint density at radius 1 is 1.00 bits per heavy atom. The van der Waals surface area contributed by atoms with Crippen molar-refractivity contribution in [2.45, 2.75) is 45.1 Å². The van der Waals surface area contributed by atoms with Gasteiger partial charge in [0.15, 0.2) is 0 Å². The van der Waals surface area contributed by atoms with Crippen LogP contribution in [0.2, 0.25) is 0 Å². The van der Waals surface area contributed by atoms with E-state index in [-0.39, 0.29) is 35.1 Å². The minimum Gasteiger partial charge on any atom is -0.481 e. The quantitative estimate of drug-likeness (QED) is 0.150. The minimum atomic E-state index is -1.22. The number of carboxylic acids is 1. The van der Waals surface area contributed by atoms with E-state index in [1.54, 1.807) is 26.8 Å². The summed E-state index contributed by atoms with van der Waals surface area (Å²) in [6, 6.07) is 25.6. The first kappa shape index (κ1) is 31.3. The van der Waals surface area contributed by atoms with Crippen LogP contribution in [-0.4, -0.2) is 57.1 Å². The van der Waals surface area contributed by atoms with E-state index in [0.717, 1.165) is 16.2 Å². The number of carbonyl (C=O) groups is 2. The molecule has 0 aliphatic carbocycles. The standard InChI is InChI=1S/C33H35N3O7/c1-21(20-35(40)18-17-28(24-11-6-4-7-12-24)25-13-8-5-9-14-25)43-33(39)30-23(3)34-22(2)29(32(37)38)31(30)26-15-10-16-27(19-26)36(41)42/h4-16,19,21,28-29,31,40H,17-18,20H2,1-3H3,(H,37,38). The third kappa shape index (κ3) is 7.59. The second-order valence-electron chi connectivity index (χ2n) is 10.7. The number of rotatable bonds is 12. The molecule has 0 radical (unpaired) electrons. The Kier molecular flexibility index (Phi) is 10.2. The number of carboxylic acid groups (broad SMARTS) is 1. The fourth-order valence-electron chi connectivity index (χ4n) is 5.66. The van der Waals surface area contributed by atoms with Crippen molar-refractivity contribution in [3.63, 3.8) is 0 Å². The molecule has 2 N–H and O–H groups in total. The lowest BCUT2D eigenvalue weighted by Gasteiger charge is -2.31. The molecule has 1 heterocycles. The van der Waals surface area contributed by atoms with Gasteiger partial charge in [-0.3, -0.25) is 19.9 Å².